The molecule has 1 nitrogen and oxygen atoms in total. The molecule has 2 heteroatoms. The van der Waals surface area contributed by atoms with E-state index in [1.807, 2.05) is 0 Å². The molecule has 17 heavy (non-hydrogen) atoms. The van der Waals surface area contributed by atoms with Crippen LogP contribution in [0.25, 0.3) is 0 Å². The Hall–Kier alpha value is 0.310. The Morgan fingerprint density at radius 2 is 0.941 bits per heavy atom. The topological polar surface area (TPSA) is 3.24 Å². The molecule has 1 heterocycles. The molecular weight excluding hydrogens is 226 g/mol. The van der Waals surface area contributed by atoms with Crippen molar-refractivity contribution in [1.29, 1.82) is 0 Å². The van der Waals surface area contributed by atoms with E-state index < -0.39 is 0 Å². The molecule has 1 rings (SSSR count). The fraction of sp³-hybridized carbons (Fsp3) is 1.00. The van der Waals surface area contributed by atoms with Crippen molar-refractivity contribution >= 4 is 12.6 Å². The lowest BCUT2D eigenvalue weighted by atomic mass is 10.0. The van der Waals surface area contributed by atoms with Gasteiger partial charge in [-0.1, -0.05) is 57.8 Å². The molecule has 1 aliphatic rings. The van der Waals surface area contributed by atoms with Crippen LogP contribution in [0.5, 0.6) is 0 Å². The highest BCUT2D eigenvalue weighted by Crippen LogP contribution is 2.15. The Morgan fingerprint density at radius 1 is 0.647 bits per heavy atom. The highest BCUT2D eigenvalue weighted by atomic mass is 32.1. The summed E-state index contributed by atoms with van der Waals surface area (Å²) in [6, 6.07) is 0. The molecule has 0 radical (unpaired) electrons. The van der Waals surface area contributed by atoms with Gasteiger partial charge in [-0.05, 0) is 32.9 Å². The van der Waals surface area contributed by atoms with Gasteiger partial charge in [-0.2, -0.15) is 12.6 Å². The Balaban J connectivity index is 2.24. The smallest absolute Gasteiger partial charge is 0.0499 e. The molecule has 1 atom stereocenters. The summed E-state index contributed by atoms with van der Waals surface area (Å²) in [6.07, 6.45) is 15.7. The predicted molar refractivity (Wildman–Crippen MR) is 80.8 cm³/mol. The number of nitrogens with zero attached hydrogens (tertiary/aromatic N) is 1. The van der Waals surface area contributed by atoms with E-state index in [9.17, 15) is 0 Å². The minimum Gasteiger partial charge on any atom is -0.292 e. The zero-order valence-electron chi connectivity index (χ0n) is 11.7. The fourth-order valence-electron chi connectivity index (χ4n) is 2.71. The van der Waals surface area contributed by atoms with Gasteiger partial charge in [-0.3, -0.25) is 4.90 Å². The van der Waals surface area contributed by atoms with Crippen LogP contribution in [0.1, 0.15) is 77.6 Å². The summed E-state index contributed by atoms with van der Waals surface area (Å²) in [5, 5.41) is 0.433. The molecule has 0 bridgehead atoms. The zero-order valence-corrected chi connectivity index (χ0v) is 12.6. The van der Waals surface area contributed by atoms with E-state index in [1.54, 1.807) is 0 Å². The first kappa shape index (κ1) is 15.4. The van der Waals surface area contributed by atoms with Crippen LogP contribution in [-0.4, -0.2) is 23.4 Å². The maximum absolute atomic E-state index is 4.60. The lowest BCUT2D eigenvalue weighted by molar-refractivity contribution is 0.254. The minimum atomic E-state index is 0.433. The average Bonchev–Trinajstić information content (AvgIpc) is 2.31. The summed E-state index contributed by atoms with van der Waals surface area (Å²) in [7, 11) is 0. The molecule has 0 aliphatic carbocycles. The van der Waals surface area contributed by atoms with Crippen molar-refractivity contribution in [1.82, 2.24) is 4.90 Å². The Bertz CT molecular complexity index is 156. The maximum Gasteiger partial charge on any atom is 0.0499 e. The minimum absolute atomic E-state index is 0.433. The SMILES string of the molecule is CC(S)N1CCCCCCCCCCCCC1. The van der Waals surface area contributed by atoms with E-state index in [1.165, 1.54) is 83.7 Å². The van der Waals surface area contributed by atoms with Crippen molar-refractivity contribution in [3.8, 4) is 0 Å². The number of hydrogen-bond donors (Lipinski definition) is 1. The van der Waals surface area contributed by atoms with Crippen LogP contribution in [0, 0.1) is 0 Å². The molecule has 0 saturated carbocycles. The van der Waals surface area contributed by atoms with Gasteiger partial charge in [0.25, 0.3) is 0 Å². The van der Waals surface area contributed by atoms with Gasteiger partial charge in [0.1, 0.15) is 0 Å². The first-order valence-corrected chi connectivity index (χ1v) is 8.24. The molecule has 0 aromatic carbocycles. The quantitative estimate of drug-likeness (QED) is 0.656. The van der Waals surface area contributed by atoms with Crippen molar-refractivity contribution in [2.75, 3.05) is 13.1 Å². The average molecular weight is 257 g/mol. The molecule has 0 aromatic rings. The second-order valence-corrected chi connectivity index (χ2v) is 6.30. The third-order valence-electron chi connectivity index (χ3n) is 3.92. The number of hydrogen-bond acceptors (Lipinski definition) is 2. The molecule has 0 spiro atoms. The van der Waals surface area contributed by atoms with E-state index >= 15 is 0 Å². The second kappa shape index (κ2) is 10.3. The summed E-state index contributed by atoms with van der Waals surface area (Å²) >= 11 is 4.60. The predicted octanol–water partition coefficient (Wildman–Crippen LogP) is 4.87. The van der Waals surface area contributed by atoms with Gasteiger partial charge in [0, 0.05) is 5.37 Å². The standard InChI is InChI=1S/C15H31NS/c1-15(17)16-13-11-9-7-5-3-2-4-6-8-10-12-14-16/h15,17H,2-14H2,1H3. The van der Waals surface area contributed by atoms with E-state index in [-0.39, 0.29) is 0 Å². The van der Waals surface area contributed by atoms with E-state index in [0.29, 0.717) is 5.37 Å². The van der Waals surface area contributed by atoms with E-state index in [4.69, 9.17) is 0 Å². The first-order valence-electron chi connectivity index (χ1n) is 7.73. The van der Waals surface area contributed by atoms with Gasteiger partial charge in [0.15, 0.2) is 0 Å². The maximum atomic E-state index is 4.60. The van der Waals surface area contributed by atoms with Crippen LogP contribution < -0.4 is 0 Å². The summed E-state index contributed by atoms with van der Waals surface area (Å²) in [4.78, 5) is 2.55. The van der Waals surface area contributed by atoms with Crippen LogP contribution in [0.4, 0.5) is 0 Å². The lowest BCUT2D eigenvalue weighted by Crippen LogP contribution is -2.31. The van der Waals surface area contributed by atoms with Crippen molar-refractivity contribution in [2.45, 2.75) is 82.9 Å². The molecule has 1 saturated heterocycles. The molecular formula is C15H31NS. The summed E-state index contributed by atoms with van der Waals surface area (Å²) in [5.74, 6) is 0. The van der Waals surface area contributed by atoms with Crippen LogP contribution in [0.3, 0.4) is 0 Å². The largest absolute Gasteiger partial charge is 0.292 e. The molecule has 1 fully saturated rings. The van der Waals surface area contributed by atoms with Crippen molar-refractivity contribution in [3.63, 3.8) is 0 Å². The van der Waals surface area contributed by atoms with Gasteiger partial charge in [-0.15, -0.1) is 0 Å². The Labute approximate surface area is 114 Å². The van der Waals surface area contributed by atoms with Crippen molar-refractivity contribution < 1.29 is 0 Å². The van der Waals surface area contributed by atoms with Crippen molar-refractivity contribution in [2.24, 2.45) is 0 Å². The summed E-state index contributed by atoms with van der Waals surface area (Å²) < 4.78 is 0. The van der Waals surface area contributed by atoms with Crippen LogP contribution >= 0.6 is 12.6 Å². The highest BCUT2D eigenvalue weighted by Gasteiger charge is 2.09. The van der Waals surface area contributed by atoms with Crippen molar-refractivity contribution in [3.05, 3.63) is 0 Å². The summed E-state index contributed by atoms with van der Waals surface area (Å²) in [5.41, 5.74) is 0. The Morgan fingerprint density at radius 3 is 1.24 bits per heavy atom. The van der Waals surface area contributed by atoms with Crippen LogP contribution in [0.2, 0.25) is 0 Å². The molecule has 0 amide bonds. The highest BCUT2D eigenvalue weighted by molar-refractivity contribution is 7.80. The number of rotatable bonds is 1. The van der Waals surface area contributed by atoms with Gasteiger partial charge in [-0.25, -0.2) is 0 Å². The van der Waals surface area contributed by atoms with Gasteiger partial charge in [0.05, 0.1) is 0 Å². The normalized spacial score (nSPS) is 25.1. The lowest BCUT2D eigenvalue weighted by Gasteiger charge is -2.25. The van der Waals surface area contributed by atoms with Gasteiger partial charge in [0.2, 0.25) is 0 Å². The van der Waals surface area contributed by atoms with E-state index in [0.717, 1.165) is 0 Å². The summed E-state index contributed by atoms with van der Waals surface area (Å²) in [6.45, 7) is 4.72. The van der Waals surface area contributed by atoms with Gasteiger partial charge >= 0.3 is 0 Å². The molecule has 0 aromatic heterocycles. The molecule has 102 valence electrons. The van der Waals surface area contributed by atoms with Gasteiger partial charge < -0.3 is 0 Å². The molecule has 1 aliphatic heterocycles. The monoisotopic (exact) mass is 257 g/mol. The third-order valence-corrected chi connectivity index (χ3v) is 4.25. The Kier molecular flexibility index (Phi) is 9.27. The fourth-order valence-corrected chi connectivity index (χ4v) is 2.94. The third kappa shape index (κ3) is 8.10. The second-order valence-electron chi connectivity index (χ2n) is 5.56. The first-order chi connectivity index (χ1) is 8.30. The molecule has 0 N–H and O–H groups in total. The molecule has 1 unspecified atom stereocenters. The number of thiol groups is 1. The van der Waals surface area contributed by atoms with Crippen LogP contribution in [-0.2, 0) is 0 Å². The van der Waals surface area contributed by atoms with E-state index in [2.05, 4.69) is 24.5 Å². The van der Waals surface area contributed by atoms with Crippen LogP contribution in [0.15, 0.2) is 0 Å². The zero-order chi connectivity index (χ0) is 12.3.